The lowest BCUT2D eigenvalue weighted by Gasteiger charge is -2.33. The fraction of sp³-hybridized carbons (Fsp3) is 1.00. The number of piperidine rings is 1. The van der Waals surface area contributed by atoms with E-state index < -0.39 is 10.2 Å². The number of hydrogen-bond donors (Lipinski definition) is 2. The molecule has 0 aromatic carbocycles. The highest BCUT2D eigenvalue weighted by Gasteiger charge is 2.30. The Morgan fingerprint density at radius 2 is 2.25 bits per heavy atom. The molecule has 0 aromatic rings. The van der Waals surface area contributed by atoms with Crippen LogP contribution in [0.2, 0.25) is 0 Å². The van der Waals surface area contributed by atoms with E-state index in [0.29, 0.717) is 26.2 Å². The maximum absolute atomic E-state index is 11.9. The van der Waals surface area contributed by atoms with Gasteiger partial charge in [-0.1, -0.05) is 6.42 Å². The minimum atomic E-state index is -3.39. The lowest BCUT2D eigenvalue weighted by Crippen LogP contribution is -2.52. The normalized spacial score (nSPS) is 23.5. The fourth-order valence-corrected chi connectivity index (χ4v) is 3.34. The van der Waals surface area contributed by atoms with E-state index in [0.717, 1.165) is 19.3 Å². The van der Waals surface area contributed by atoms with E-state index >= 15 is 0 Å². The summed E-state index contributed by atoms with van der Waals surface area (Å²) in [5, 5.41) is 0. The summed E-state index contributed by atoms with van der Waals surface area (Å²) in [6, 6.07) is -0.0613. The second-order valence-corrected chi connectivity index (χ2v) is 5.60. The van der Waals surface area contributed by atoms with Gasteiger partial charge in [-0.3, -0.25) is 0 Å². The first-order valence-electron chi connectivity index (χ1n) is 5.57. The van der Waals surface area contributed by atoms with Gasteiger partial charge in [0.2, 0.25) is 0 Å². The van der Waals surface area contributed by atoms with Crippen LogP contribution in [0.3, 0.4) is 0 Å². The molecule has 1 unspecified atom stereocenters. The van der Waals surface area contributed by atoms with Crippen molar-refractivity contribution in [3.8, 4) is 0 Å². The van der Waals surface area contributed by atoms with Crippen LogP contribution in [0.15, 0.2) is 0 Å². The molecular formula is C9H21N3O3S. The molecule has 0 aliphatic carbocycles. The number of hydrogen-bond acceptors (Lipinski definition) is 4. The monoisotopic (exact) mass is 251 g/mol. The average Bonchev–Trinajstić information content (AvgIpc) is 2.29. The third kappa shape index (κ3) is 3.67. The summed E-state index contributed by atoms with van der Waals surface area (Å²) in [5.41, 5.74) is 5.59. The number of nitrogens with one attached hydrogen (secondary N) is 1. The van der Waals surface area contributed by atoms with Gasteiger partial charge in [0.1, 0.15) is 0 Å². The molecule has 96 valence electrons. The molecule has 1 saturated heterocycles. The summed E-state index contributed by atoms with van der Waals surface area (Å²) in [6.07, 6.45) is 2.80. The summed E-state index contributed by atoms with van der Waals surface area (Å²) in [7, 11) is -1.85. The van der Waals surface area contributed by atoms with E-state index in [1.54, 1.807) is 0 Å². The molecule has 1 fully saturated rings. The van der Waals surface area contributed by atoms with Gasteiger partial charge in [0, 0.05) is 32.8 Å². The zero-order valence-electron chi connectivity index (χ0n) is 9.68. The van der Waals surface area contributed by atoms with E-state index in [2.05, 4.69) is 4.72 Å². The molecule has 3 N–H and O–H groups in total. The van der Waals surface area contributed by atoms with Crippen LogP contribution in [0.4, 0.5) is 0 Å². The number of nitrogens with two attached hydrogens (primary N) is 1. The second kappa shape index (κ2) is 6.51. The Morgan fingerprint density at radius 1 is 1.50 bits per heavy atom. The standard InChI is InChI=1S/C9H21N3O3S/c1-15-7-5-11-16(13,14)12-6-3-2-4-9(12)8-10/h9,11H,2-8,10H2,1H3. The predicted molar refractivity (Wildman–Crippen MR) is 62.2 cm³/mol. The summed E-state index contributed by atoms with van der Waals surface area (Å²) < 4.78 is 32.7. The van der Waals surface area contributed by atoms with Gasteiger partial charge in [0.15, 0.2) is 0 Å². The maximum atomic E-state index is 11.9. The molecule has 0 aromatic heterocycles. The fourth-order valence-electron chi connectivity index (χ4n) is 1.88. The molecule has 0 radical (unpaired) electrons. The Bertz CT molecular complexity index is 294. The zero-order valence-corrected chi connectivity index (χ0v) is 10.5. The van der Waals surface area contributed by atoms with Crippen molar-refractivity contribution >= 4 is 10.2 Å². The minimum absolute atomic E-state index is 0.0613. The van der Waals surface area contributed by atoms with Crippen LogP contribution >= 0.6 is 0 Å². The smallest absolute Gasteiger partial charge is 0.279 e. The molecule has 1 aliphatic rings. The van der Waals surface area contributed by atoms with E-state index in [1.807, 2.05) is 0 Å². The minimum Gasteiger partial charge on any atom is -0.383 e. The Morgan fingerprint density at radius 3 is 2.88 bits per heavy atom. The van der Waals surface area contributed by atoms with Crippen LogP contribution in [-0.2, 0) is 14.9 Å². The lowest BCUT2D eigenvalue weighted by molar-refractivity contribution is 0.202. The predicted octanol–water partition coefficient (Wildman–Crippen LogP) is -0.720. The summed E-state index contributed by atoms with van der Waals surface area (Å²) in [4.78, 5) is 0. The molecule has 0 amide bonds. The van der Waals surface area contributed by atoms with Crippen molar-refractivity contribution in [3.63, 3.8) is 0 Å². The van der Waals surface area contributed by atoms with Crippen molar-refractivity contribution in [1.82, 2.24) is 9.03 Å². The van der Waals surface area contributed by atoms with Gasteiger partial charge in [0.25, 0.3) is 10.2 Å². The SMILES string of the molecule is COCCNS(=O)(=O)N1CCCCC1CN. The topological polar surface area (TPSA) is 84.7 Å². The van der Waals surface area contributed by atoms with Crippen molar-refractivity contribution in [2.45, 2.75) is 25.3 Å². The Labute approximate surface area is 97.3 Å². The first kappa shape index (κ1) is 13.9. The number of ether oxygens (including phenoxy) is 1. The van der Waals surface area contributed by atoms with Crippen molar-refractivity contribution in [1.29, 1.82) is 0 Å². The highest BCUT2D eigenvalue weighted by atomic mass is 32.2. The highest BCUT2D eigenvalue weighted by Crippen LogP contribution is 2.18. The van der Waals surface area contributed by atoms with Gasteiger partial charge in [-0.25, -0.2) is 0 Å². The van der Waals surface area contributed by atoms with Gasteiger partial charge < -0.3 is 10.5 Å². The Hall–Kier alpha value is -0.210. The first-order valence-corrected chi connectivity index (χ1v) is 7.01. The largest absolute Gasteiger partial charge is 0.383 e. The van der Waals surface area contributed by atoms with Gasteiger partial charge in [-0.2, -0.15) is 17.4 Å². The number of rotatable bonds is 6. The van der Waals surface area contributed by atoms with Crippen LogP contribution in [-0.4, -0.2) is 52.1 Å². The van der Waals surface area contributed by atoms with Gasteiger partial charge in [0.05, 0.1) is 6.61 Å². The van der Waals surface area contributed by atoms with Crippen LogP contribution in [0, 0.1) is 0 Å². The van der Waals surface area contributed by atoms with Crippen molar-refractivity contribution in [2.75, 3.05) is 33.4 Å². The third-order valence-corrected chi connectivity index (χ3v) is 4.41. The Balaban J connectivity index is 2.57. The van der Waals surface area contributed by atoms with Crippen LogP contribution < -0.4 is 10.5 Å². The lowest BCUT2D eigenvalue weighted by atomic mass is 10.1. The molecule has 1 rings (SSSR count). The molecule has 1 atom stereocenters. The quantitative estimate of drug-likeness (QED) is 0.610. The maximum Gasteiger partial charge on any atom is 0.279 e. The zero-order chi connectivity index (χ0) is 12.0. The van der Waals surface area contributed by atoms with Crippen molar-refractivity contribution in [3.05, 3.63) is 0 Å². The average molecular weight is 251 g/mol. The van der Waals surface area contributed by atoms with E-state index in [1.165, 1.54) is 11.4 Å². The summed E-state index contributed by atoms with van der Waals surface area (Å²) in [5.74, 6) is 0. The molecule has 7 heteroatoms. The highest BCUT2D eigenvalue weighted by molar-refractivity contribution is 7.87. The molecule has 1 heterocycles. The van der Waals surface area contributed by atoms with E-state index in [-0.39, 0.29) is 6.04 Å². The molecule has 1 aliphatic heterocycles. The van der Waals surface area contributed by atoms with E-state index in [4.69, 9.17) is 10.5 Å². The van der Waals surface area contributed by atoms with Crippen LogP contribution in [0.25, 0.3) is 0 Å². The third-order valence-electron chi connectivity index (χ3n) is 2.74. The molecule has 0 bridgehead atoms. The number of methoxy groups -OCH3 is 1. The molecular weight excluding hydrogens is 230 g/mol. The molecule has 0 spiro atoms. The van der Waals surface area contributed by atoms with Gasteiger partial charge in [-0.05, 0) is 12.8 Å². The summed E-state index contributed by atoms with van der Waals surface area (Å²) in [6.45, 7) is 1.61. The number of nitrogens with zero attached hydrogens (tertiary/aromatic N) is 1. The second-order valence-electron chi connectivity index (χ2n) is 3.89. The van der Waals surface area contributed by atoms with Crippen LogP contribution in [0.1, 0.15) is 19.3 Å². The molecule has 6 nitrogen and oxygen atoms in total. The van der Waals surface area contributed by atoms with E-state index in [9.17, 15) is 8.42 Å². The van der Waals surface area contributed by atoms with Crippen LogP contribution in [0.5, 0.6) is 0 Å². The van der Waals surface area contributed by atoms with Gasteiger partial charge in [-0.15, -0.1) is 0 Å². The van der Waals surface area contributed by atoms with Crippen molar-refractivity contribution in [2.24, 2.45) is 5.73 Å². The van der Waals surface area contributed by atoms with Gasteiger partial charge >= 0.3 is 0 Å². The summed E-state index contributed by atoms with van der Waals surface area (Å²) >= 11 is 0. The molecule has 0 saturated carbocycles. The Kier molecular flexibility index (Phi) is 5.63. The molecule has 16 heavy (non-hydrogen) atoms. The first-order chi connectivity index (χ1) is 7.61. The van der Waals surface area contributed by atoms with Crippen molar-refractivity contribution < 1.29 is 13.2 Å².